The molecular weight excluding hydrogens is 210 g/mol. The van der Waals surface area contributed by atoms with Crippen LogP contribution in [-0.4, -0.2) is 12.5 Å². The Bertz CT molecular complexity index is 332. The van der Waals surface area contributed by atoms with Gasteiger partial charge in [0.25, 0.3) is 0 Å². The largest absolute Gasteiger partial charge is 0.355 e. The first-order valence-electron chi connectivity index (χ1n) is 6.47. The number of amides is 1. The number of carbonyl (C=O) groups excluding carboxylic acids is 1. The fourth-order valence-corrected chi connectivity index (χ4v) is 1.85. The van der Waals surface area contributed by atoms with Gasteiger partial charge in [-0.25, -0.2) is 0 Å². The summed E-state index contributed by atoms with van der Waals surface area (Å²) in [6.07, 6.45) is 1.93. The highest BCUT2D eigenvalue weighted by Crippen LogP contribution is 2.21. The monoisotopic (exact) mass is 233 g/mol. The third-order valence-electron chi connectivity index (χ3n) is 2.78. The summed E-state index contributed by atoms with van der Waals surface area (Å²) in [5.74, 6) is 0.656. The maximum absolute atomic E-state index is 12.1. The molecule has 1 aromatic rings. The number of rotatable bonds is 6. The van der Waals surface area contributed by atoms with Crippen molar-refractivity contribution in [2.45, 2.75) is 39.5 Å². The van der Waals surface area contributed by atoms with E-state index in [1.807, 2.05) is 30.3 Å². The zero-order chi connectivity index (χ0) is 12.7. The Labute approximate surface area is 104 Å². The summed E-state index contributed by atoms with van der Waals surface area (Å²) in [7, 11) is 0. The smallest absolute Gasteiger partial charge is 0.227 e. The average molecular weight is 233 g/mol. The Kier molecular flexibility index (Phi) is 5.75. The molecule has 1 amide bonds. The van der Waals surface area contributed by atoms with Crippen molar-refractivity contribution in [3.05, 3.63) is 35.9 Å². The molecule has 0 spiro atoms. The average Bonchev–Trinajstić information content (AvgIpc) is 2.34. The Morgan fingerprint density at radius 2 is 1.88 bits per heavy atom. The van der Waals surface area contributed by atoms with Crippen LogP contribution in [0.3, 0.4) is 0 Å². The van der Waals surface area contributed by atoms with E-state index in [0.717, 1.165) is 24.9 Å². The van der Waals surface area contributed by atoms with Crippen molar-refractivity contribution in [1.29, 1.82) is 0 Å². The molecule has 1 rings (SSSR count). The lowest BCUT2D eigenvalue weighted by Crippen LogP contribution is -2.32. The van der Waals surface area contributed by atoms with E-state index in [9.17, 15) is 4.79 Å². The first kappa shape index (κ1) is 13.8. The van der Waals surface area contributed by atoms with Crippen molar-refractivity contribution in [2.24, 2.45) is 5.92 Å². The topological polar surface area (TPSA) is 29.1 Å². The fraction of sp³-hybridized carbons (Fsp3) is 0.533. The summed E-state index contributed by atoms with van der Waals surface area (Å²) in [4.78, 5) is 12.1. The molecule has 1 N–H and O–H groups in total. The van der Waals surface area contributed by atoms with Gasteiger partial charge >= 0.3 is 0 Å². The molecule has 0 heterocycles. The predicted molar refractivity (Wildman–Crippen MR) is 71.9 cm³/mol. The molecule has 1 atom stereocenters. The van der Waals surface area contributed by atoms with Crippen molar-refractivity contribution in [3.63, 3.8) is 0 Å². The van der Waals surface area contributed by atoms with Crippen LogP contribution in [0.1, 0.15) is 45.1 Å². The SMILES string of the molecule is CCCC(C(=O)NCC(C)C)c1ccccc1. The molecule has 0 aliphatic carbocycles. The van der Waals surface area contributed by atoms with Gasteiger partial charge in [0.2, 0.25) is 5.91 Å². The van der Waals surface area contributed by atoms with Gasteiger partial charge in [-0.1, -0.05) is 57.5 Å². The van der Waals surface area contributed by atoms with Gasteiger partial charge in [0.05, 0.1) is 5.92 Å². The number of hydrogen-bond donors (Lipinski definition) is 1. The zero-order valence-electron chi connectivity index (χ0n) is 11.1. The molecule has 0 fully saturated rings. The summed E-state index contributed by atoms with van der Waals surface area (Å²) >= 11 is 0. The van der Waals surface area contributed by atoms with Crippen LogP contribution < -0.4 is 5.32 Å². The molecular formula is C15H23NO. The van der Waals surface area contributed by atoms with Crippen LogP contribution in [0.15, 0.2) is 30.3 Å². The molecule has 0 aliphatic rings. The van der Waals surface area contributed by atoms with Crippen LogP contribution >= 0.6 is 0 Å². The lowest BCUT2D eigenvalue weighted by Gasteiger charge is -2.17. The second-order valence-corrected chi connectivity index (χ2v) is 4.89. The molecule has 2 heteroatoms. The second-order valence-electron chi connectivity index (χ2n) is 4.89. The van der Waals surface area contributed by atoms with Crippen molar-refractivity contribution in [3.8, 4) is 0 Å². The van der Waals surface area contributed by atoms with Crippen LogP contribution in [0, 0.1) is 5.92 Å². The van der Waals surface area contributed by atoms with Gasteiger partial charge in [-0.2, -0.15) is 0 Å². The zero-order valence-corrected chi connectivity index (χ0v) is 11.1. The van der Waals surface area contributed by atoms with Crippen LogP contribution in [0.4, 0.5) is 0 Å². The molecule has 1 unspecified atom stereocenters. The molecule has 0 bridgehead atoms. The van der Waals surface area contributed by atoms with E-state index in [1.165, 1.54) is 0 Å². The van der Waals surface area contributed by atoms with Gasteiger partial charge in [-0.15, -0.1) is 0 Å². The number of benzene rings is 1. The Morgan fingerprint density at radius 3 is 2.41 bits per heavy atom. The van der Waals surface area contributed by atoms with E-state index >= 15 is 0 Å². The minimum Gasteiger partial charge on any atom is -0.355 e. The van der Waals surface area contributed by atoms with E-state index in [-0.39, 0.29) is 11.8 Å². The highest BCUT2D eigenvalue weighted by Gasteiger charge is 2.19. The Balaban J connectivity index is 2.69. The van der Waals surface area contributed by atoms with E-state index in [0.29, 0.717) is 5.92 Å². The van der Waals surface area contributed by atoms with E-state index in [1.54, 1.807) is 0 Å². The molecule has 2 nitrogen and oxygen atoms in total. The third-order valence-corrected chi connectivity index (χ3v) is 2.78. The lowest BCUT2D eigenvalue weighted by atomic mass is 9.93. The van der Waals surface area contributed by atoms with Crippen LogP contribution in [0.2, 0.25) is 0 Å². The number of carbonyl (C=O) groups is 1. The van der Waals surface area contributed by atoms with Crippen LogP contribution in [-0.2, 0) is 4.79 Å². The van der Waals surface area contributed by atoms with Crippen molar-refractivity contribution in [2.75, 3.05) is 6.54 Å². The molecule has 1 aromatic carbocycles. The summed E-state index contributed by atoms with van der Waals surface area (Å²) < 4.78 is 0. The van der Waals surface area contributed by atoms with Crippen LogP contribution in [0.5, 0.6) is 0 Å². The van der Waals surface area contributed by atoms with Crippen LogP contribution in [0.25, 0.3) is 0 Å². The van der Waals surface area contributed by atoms with E-state index in [2.05, 4.69) is 26.1 Å². The first-order chi connectivity index (χ1) is 8.15. The van der Waals surface area contributed by atoms with Gasteiger partial charge < -0.3 is 5.32 Å². The quantitative estimate of drug-likeness (QED) is 0.802. The van der Waals surface area contributed by atoms with Gasteiger partial charge in [0.15, 0.2) is 0 Å². The minimum atomic E-state index is -0.0000463. The predicted octanol–water partition coefficient (Wildman–Crippen LogP) is 3.34. The fourth-order valence-electron chi connectivity index (χ4n) is 1.85. The lowest BCUT2D eigenvalue weighted by molar-refractivity contribution is -0.122. The summed E-state index contributed by atoms with van der Waals surface area (Å²) in [6, 6.07) is 10.0. The molecule has 0 saturated carbocycles. The highest BCUT2D eigenvalue weighted by molar-refractivity contribution is 5.83. The van der Waals surface area contributed by atoms with Crippen molar-refractivity contribution in [1.82, 2.24) is 5.32 Å². The summed E-state index contributed by atoms with van der Waals surface area (Å²) in [6.45, 7) is 7.09. The second kappa shape index (κ2) is 7.10. The molecule has 0 aliphatic heterocycles. The molecule has 0 radical (unpaired) electrons. The summed E-state index contributed by atoms with van der Waals surface area (Å²) in [5.41, 5.74) is 1.12. The highest BCUT2D eigenvalue weighted by atomic mass is 16.1. The minimum absolute atomic E-state index is 0.0000463. The van der Waals surface area contributed by atoms with Gasteiger partial charge in [0, 0.05) is 6.54 Å². The van der Waals surface area contributed by atoms with Gasteiger partial charge in [0.1, 0.15) is 0 Å². The Morgan fingerprint density at radius 1 is 1.24 bits per heavy atom. The first-order valence-corrected chi connectivity index (χ1v) is 6.47. The normalized spacial score (nSPS) is 12.5. The molecule has 17 heavy (non-hydrogen) atoms. The standard InChI is InChI=1S/C15H23NO/c1-4-8-14(13-9-6-5-7-10-13)15(17)16-11-12(2)3/h5-7,9-10,12,14H,4,8,11H2,1-3H3,(H,16,17). The maximum Gasteiger partial charge on any atom is 0.227 e. The van der Waals surface area contributed by atoms with E-state index in [4.69, 9.17) is 0 Å². The maximum atomic E-state index is 12.1. The molecule has 94 valence electrons. The number of hydrogen-bond acceptors (Lipinski definition) is 1. The van der Waals surface area contributed by atoms with E-state index < -0.39 is 0 Å². The Hall–Kier alpha value is -1.31. The molecule has 0 aromatic heterocycles. The third kappa shape index (κ3) is 4.59. The molecule has 0 saturated heterocycles. The van der Waals surface area contributed by atoms with Crippen molar-refractivity contribution < 1.29 is 4.79 Å². The summed E-state index contributed by atoms with van der Waals surface area (Å²) in [5, 5.41) is 3.03. The van der Waals surface area contributed by atoms with Crippen molar-refractivity contribution >= 4 is 5.91 Å². The number of nitrogens with one attached hydrogen (secondary N) is 1. The van der Waals surface area contributed by atoms with Gasteiger partial charge in [-0.3, -0.25) is 4.79 Å². The van der Waals surface area contributed by atoms with Gasteiger partial charge in [-0.05, 0) is 17.9 Å².